The van der Waals surface area contributed by atoms with Crippen LogP contribution in [-0.4, -0.2) is 37.3 Å². The van der Waals surface area contributed by atoms with E-state index < -0.39 is 15.8 Å². The molecule has 24 heavy (non-hydrogen) atoms. The Labute approximate surface area is 147 Å². The maximum Gasteiger partial charge on any atom is 0.240 e. The number of nitrogens with one attached hydrogen (secondary N) is 2. The van der Waals surface area contributed by atoms with Crippen LogP contribution in [0.3, 0.4) is 0 Å². The molecule has 0 bridgehead atoms. The van der Waals surface area contributed by atoms with Gasteiger partial charge in [-0.05, 0) is 44.2 Å². The zero-order valence-corrected chi connectivity index (χ0v) is 15.4. The summed E-state index contributed by atoms with van der Waals surface area (Å²) in [5.41, 5.74) is 1.10. The van der Waals surface area contributed by atoms with Gasteiger partial charge >= 0.3 is 0 Å². The molecule has 0 aliphatic heterocycles. The lowest BCUT2D eigenvalue weighted by Gasteiger charge is -2.14. The number of nitrogens with zero attached hydrogens (tertiary/aromatic N) is 2. The lowest BCUT2D eigenvalue weighted by molar-refractivity contribution is 0.535. The first kappa shape index (κ1) is 20.6. The zero-order chi connectivity index (χ0) is 17.0. The number of hydrogen-bond donors (Lipinski definition) is 2. The molecule has 0 radical (unpaired) electrons. The highest BCUT2D eigenvalue weighted by Crippen LogP contribution is 2.18. The van der Waals surface area contributed by atoms with E-state index >= 15 is 0 Å². The van der Waals surface area contributed by atoms with Gasteiger partial charge in [0.15, 0.2) is 0 Å². The molecule has 1 heterocycles. The molecule has 1 aromatic carbocycles. The molecule has 9 heteroatoms. The van der Waals surface area contributed by atoms with Crippen LogP contribution in [0.2, 0.25) is 0 Å². The molecule has 0 saturated carbocycles. The molecule has 0 aliphatic rings. The van der Waals surface area contributed by atoms with Crippen molar-refractivity contribution in [1.82, 2.24) is 19.8 Å². The molecular weight excluding hydrogens is 355 g/mol. The predicted molar refractivity (Wildman–Crippen MR) is 93.8 cm³/mol. The average molecular weight is 377 g/mol. The van der Waals surface area contributed by atoms with Crippen molar-refractivity contribution in [3.05, 3.63) is 42.0 Å². The maximum absolute atomic E-state index is 14.2. The van der Waals surface area contributed by atoms with Gasteiger partial charge in [0.1, 0.15) is 11.5 Å². The van der Waals surface area contributed by atoms with Crippen molar-refractivity contribution in [2.75, 3.05) is 13.1 Å². The Morgan fingerprint density at radius 3 is 2.62 bits per heavy atom. The Morgan fingerprint density at radius 1 is 1.38 bits per heavy atom. The van der Waals surface area contributed by atoms with Gasteiger partial charge in [0.2, 0.25) is 10.0 Å². The zero-order valence-electron chi connectivity index (χ0n) is 13.8. The molecule has 0 amide bonds. The molecule has 0 aliphatic carbocycles. The average Bonchev–Trinajstić information content (AvgIpc) is 2.92. The van der Waals surface area contributed by atoms with Crippen LogP contribution >= 0.6 is 12.4 Å². The fourth-order valence-electron chi connectivity index (χ4n) is 2.12. The quantitative estimate of drug-likeness (QED) is 0.775. The van der Waals surface area contributed by atoms with Crippen molar-refractivity contribution in [3.8, 4) is 5.69 Å². The van der Waals surface area contributed by atoms with Gasteiger partial charge in [0.25, 0.3) is 0 Å². The fraction of sp³-hybridized carbons (Fsp3) is 0.400. The van der Waals surface area contributed by atoms with E-state index in [4.69, 9.17) is 0 Å². The minimum Gasteiger partial charge on any atom is -0.313 e. The highest BCUT2D eigenvalue weighted by molar-refractivity contribution is 7.89. The number of sulfonamides is 1. The molecule has 1 atom stereocenters. The second kappa shape index (κ2) is 8.57. The monoisotopic (exact) mass is 376 g/mol. The van der Waals surface area contributed by atoms with E-state index in [9.17, 15) is 12.8 Å². The first-order chi connectivity index (χ1) is 10.8. The summed E-state index contributed by atoms with van der Waals surface area (Å²) >= 11 is 0. The minimum absolute atomic E-state index is 0. The summed E-state index contributed by atoms with van der Waals surface area (Å²) in [5.74, 6) is -0.643. The Morgan fingerprint density at radius 2 is 2.08 bits per heavy atom. The van der Waals surface area contributed by atoms with Crippen LogP contribution in [0.25, 0.3) is 5.69 Å². The van der Waals surface area contributed by atoms with Crippen LogP contribution in [-0.2, 0) is 10.0 Å². The smallest absolute Gasteiger partial charge is 0.240 e. The fourth-order valence-corrected chi connectivity index (χ4v) is 3.27. The second-order valence-corrected chi connectivity index (χ2v) is 7.15. The number of benzene rings is 1. The molecule has 0 saturated heterocycles. The van der Waals surface area contributed by atoms with Gasteiger partial charge in [-0.3, -0.25) is 0 Å². The van der Waals surface area contributed by atoms with Crippen LogP contribution in [0.5, 0.6) is 0 Å². The summed E-state index contributed by atoms with van der Waals surface area (Å²) in [4.78, 5) is -0.105. The molecule has 2 N–H and O–H groups in total. The van der Waals surface area contributed by atoms with Crippen molar-refractivity contribution in [2.45, 2.75) is 31.7 Å². The molecule has 0 unspecified atom stereocenters. The first-order valence-electron chi connectivity index (χ1n) is 7.37. The molecule has 134 valence electrons. The van der Waals surface area contributed by atoms with Gasteiger partial charge in [-0.15, -0.1) is 12.4 Å². The molecule has 1 aromatic heterocycles. The lowest BCUT2D eigenvalue weighted by atomic mass is 10.3. The van der Waals surface area contributed by atoms with Gasteiger partial charge in [0, 0.05) is 18.8 Å². The minimum atomic E-state index is -3.75. The molecule has 0 spiro atoms. The van der Waals surface area contributed by atoms with Crippen molar-refractivity contribution in [1.29, 1.82) is 0 Å². The number of likely N-dealkylation sites (N-methyl/N-ethyl adjacent to an activating group) is 1. The van der Waals surface area contributed by atoms with E-state index in [1.165, 1.54) is 16.8 Å². The van der Waals surface area contributed by atoms with Gasteiger partial charge in [-0.1, -0.05) is 6.92 Å². The molecule has 6 nitrogen and oxygen atoms in total. The summed E-state index contributed by atoms with van der Waals surface area (Å²) < 4.78 is 42.5. The topological polar surface area (TPSA) is 76.0 Å². The predicted octanol–water partition coefficient (Wildman–Crippen LogP) is 2.02. The van der Waals surface area contributed by atoms with Crippen molar-refractivity contribution < 1.29 is 12.8 Å². The largest absolute Gasteiger partial charge is 0.313 e. The Kier molecular flexibility index (Phi) is 7.34. The van der Waals surface area contributed by atoms with Gasteiger partial charge in [-0.2, -0.15) is 5.10 Å². The SMILES string of the molecule is CCN[C@H](C)CNS(=O)(=O)c1ccc(-n2cc(C)cn2)c(F)c1.Cl. The number of aryl methyl sites for hydroxylation is 1. The summed E-state index contributed by atoms with van der Waals surface area (Å²) in [6.45, 7) is 6.63. The van der Waals surface area contributed by atoms with Crippen molar-refractivity contribution in [2.24, 2.45) is 0 Å². The summed E-state index contributed by atoms with van der Waals surface area (Å²) in [6.07, 6.45) is 3.27. The first-order valence-corrected chi connectivity index (χ1v) is 8.86. The maximum atomic E-state index is 14.2. The third-order valence-corrected chi connectivity index (χ3v) is 4.74. The highest BCUT2D eigenvalue weighted by atomic mass is 35.5. The third-order valence-electron chi connectivity index (χ3n) is 3.32. The Bertz CT molecular complexity index is 780. The van der Waals surface area contributed by atoms with Crippen LogP contribution in [0.4, 0.5) is 4.39 Å². The molecule has 0 fully saturated rings. The van der Waals surface area contributed by atoms with E-state index in [2.05, 4.69) is 15.1 Å². The van der Waals surface area contributed by atoms with Crippen LogP contribution in [0.15, 0.2) is 35.5 Å². The molecular formula is C15H22ClFN4O2S. The molecule has 2 aromatic rings. The van der Waals surface area contributed by atoms with E-state index in [1.54, 1.807) is 12.4 Å². The van der Waals surface area contributed by atoms with E-state index in [1.807, 2.05) is 20.8 Å². The summed E-state index contributed by atoms with van der Waals surface area (Å²) in [6, 6.07) is 3.78. The van der Waals surface area contributed by atoms with Crippen LogP contribution < -0.4 is 10.0 Å². The van der Waals surface area contributed by atoms with Crippen molar-refractivity contribution >= 4 is 22.4 Å². The van der Waals surface area contributed by atoms with Gasteiger partial charge in [0.05, 0.1) is 11.1 Å². The third kappa shape index (κ3) is 5.01. The number of aromatic nitrogens is 2. The normalized spacial score (nSPS) is 12.7. The lowest BCUT2D eigenvalue weighted by Crippen LogP contribution is -2.38. The standard InChI is InChI=1S/C15H21FN4O2S.ClH/c1-4-17-12(3)9-19-23(21,22)13-5-6-15(14(16)7-13)20-10-11(2)8-18-20;/h5-8,10,12,17,19H,4,9H2,1-3H3;1H/t12-;/m1./s1. The number of rotatable bonds is 7. The van der Waals surface area contributed by atoms with E-state index in [0.29, 0.717) is 0 Å². The van der Waals surface area contributed by atoms with Crippen LogP contribution in [0.1, 0.15) is 19.4 Å². The second-order valence-electron chi connectivity index (χ2n) is 5.39. The summed E-state index contributed by atoms with van der Waals surface area (Å²) in [5, 5.41) is 7.12. The Balaban J connectivity index is 0.00000288. The summed E-state index contributed by atoms with van der Waals surface area (Å²) in [7, 11) is -3.75. The van der Waals surface area contributed by atoms with Gasteiger partial charge in [-0.25, -0.2) is 22.2 Å². The number of hydrogen-bond acceptors (Lipinski definition) is 4. The van der Waals surface area contributed by atoms with E-state index in [0.717, 1.165) is 18.2 Å². The molecule has 2 rings (SSSR count). The Hall–Kier alpha value is -1.48. The van der Waals surface area contributed by atoms with Crippen LogP contribution in [0, 0.1) is 12.7 Å². The highest BCUT2D eigenvalue weighted by Gasteiger charge is 2.17. The van der Waals surface area contributed by atoms with E-state index in [-0.39, 0.29) is 35.6 Å². The number of halogens is 2. The van der Waals surface area contributed by atoms with Crippen molar-refractivity contribution in [3.63, 3.8) is 0 Å². The van der Waals surface area contributed by atoms with Gasteiger partial charge < -0.3 is 5.32 Å².